The van der Waals surface area contributed by atoms with E-state index in [1.807, 2.05) is 163 Å². The molecule has 2 atom stereocenters. The average molecular weight is 1580 g/mol. The van der Waals surface area contributed by atoms with E-state index in [1.54, 1.807) is 21.9 Å². The molecule has 0 bridgehead atoms. The molecular weight excluding hydrogens is 1480 g/mol. The second-order valence-electron chi connectivity index (χ2n) is 30.2. The smallest absolute Gasteiger partial charge is 0.410 e. The van der Waals surface area contributed by atoms with Gasteiger partial charge in [0.25, 0.3) is 0 Å². The molecule has 26 heteroatoms. The van der Waals surface area contributed by atoms with Crippen molar-refractivity contribution in [2.75, 3.05) is 102 Å². The summed E-state index contributed by atoms with van der Waals surface area (Å²) in [6, 6.07) is 39.7. The number of urea groups is 1. The van der Waals surface area contributed by atoms with Gasteiger partial charge in [-0.15, -0.1) is 0 Å². The number of piperazine rings is 2. The first kappa shape index (κ1) is 83.8. The molecule has 4 aromatic carbocycles. The molecule has 584 valence electrons. The Morgan fingerprint density at radius 3 is 1.41 bits per heavy atom. The van der Waals surface area contributed by atoms with Crippen LogP contribution in [-0.2, 0) is 22.6 Å². The van der Waals surface area contributed by atoms with Gasteiger partial charge in [-0.2, -0.15) is 10.5 Å². The maximum Gasteiger partial charge on any atom is 0.410 e. The van der Waals surface area contributed by atoms with Crippen LogP contribution in [0.1, 0.15) is 154 Å². The van der Waals surface area contributed by atoms with Gasteiger partial charge in [0, 0.05) is 163 Å². The number of rotatable bonds is 12. The van der Waals surface area contributed by atoms with E-state index in [4.69, 9.17) is 52.7 Å². The van der Waals surface area contributed by atoms with E-state index in [0.717, 1.165) is 140 Å². The monoisotopic (exact) mass is 1580 g/mol. The molecule has 2 N–H and O–H groups in total. The van der Waals surface area contributed by atoms with Gasteiger partial charge >= 0.3 is 22.9 Å². The third-order valence-corrected chi connectivity index (χ3v) is 20.8. The van der Waals surface area contributed by atoms with Gasteiger partial charge in [-0.3, -0.25) is 29.5 Å². The minimum Gasteiger partial charge on any atom is -0.444 e. The molecule has 0 radical (unpaired) electrons. The van der Waals surface area contributed by atoms with Crippen LogP contribution in [0.15, 0.2) is 146 Å². The third-order valence-electron chi connectivity index (χ3n) is 20.3. The van der Waals surface area contributed by atoms with Gasteiger partial charge in [0.2, 0.25) is 0 Å². The maximum absolute atomic E-state index is 14.5. The van der Waals surface area contributed by atoms with Crippen LogP contribution in [0.25, 0.3) is 23.3 Å². The van der Waals surface area contributed by atoms with Crippen molar-refractivity contribution < 1.29 is 28.7 Å². The molecule has 4 fully saturated rings. The van der Waals surface area contributed by atoms with E-state index in [1.165, 1.54) is 22.3 Å². The summed E-state index contributed by atoms with van der Waals surface area (Å²) in [5.74, 6) is 2.69. The molecule has 4 aliphatic heterocycles. The van der Waals surface area contributed by atoms with Crippen LogP contribution in [-0.4, -0.2) is 179 Å². The van der Waals surface area contributed by atoms with Crippen LogP contribution in [0.2, 0.25) is 10.0 Å². The Labute approximate surface area is 672 Å². The highest BCUT2D eigenvalue weighted by Gasteiger charge is 2.38. The van der Waals surface area contributed by atoms with Gasteiger partial charge in [-0.05, 0) is 258 Å². The molecule has 4 saturated heterocycles. The van der Waals surface area contributed by atoms with Crippen molar-refractivity contribution in [3.8, 4) is 12.1 Å². The highest BCUT2D eigenvalue weighted by molar-refractivity contribution is 6.93. The lowest BCUT2D eigenvalue weighted by Gasteiger charge is -2.42. The summed E-state index contributed by atoms with van der Waals surface area (Å²) >= 11 is 21.9. The second-order valence-corrected chi connectivity index (χ2v) is 32.0. The molecule has 14 rings (SSSR count). The summed E-state index contributed by atoms with van der Waals surface area (Å²) in [6.07, 6.45) is 18.9. The number of nitrogens with one attached hydrogen (secondary N) is 2. The highest BCUT2D eigenvalue weighted by Crippen LogP contribution is 2.43. The van der Waals surface area contributed by atoms with Crippen molar-refractivity contribution in [2.24, 2.45) is 11.8 Å². The predicted octanol–water partition coefficient (Wildman–Crippen LogP) is 17.3. The zero-order valence-electron chi connectivity index (χ0n) is 63.7. The SMILES string of the molecule is C.CC(C)(C)OC(=O)N1CCC(CNc2ccc(C#N)cc2)CC1.Cc1nccn1CC1=Cc2cccnc2C(N2CCN(C(=O)N(CC3CCN(C(=O)OC(C)(C)C)CC3)c3ccc(C#N)cc3)CC2)c2ccc(Cl)cc21.Cc1nccn1CC1=Cc2cccnc2C(N2CCNCC2)c2ccc(Cl)cc21.O=C(Cl)Cl. The average Bonchev–Trinajstić information content (AvgIpc) is 1.68. The number of allylic oxidation sites excluding steroid dienone is 2. The fourth-order valence-corrected chi connectivity index (χ4v) is 15.1. The summed E-state index contributed by atoms with van der Waals surface area (Å²) in [7, 11) is 0. The summed E-state index contributed by atoms with van der Waals surface area (Å²) in [5, 5.41) is 26.5. The van der Waals surface area contributed by atoms with E-state index in [9.17, 15) is 19.6 Å². The van der Waals surface area contributed by atoms with Crippen molar-refractivity contribution in [3.63, 3.8) is 0 Å². The molecule has 4 aromatic heterocycles. The Balaban J connectivity index is 0.000000192. The highest BCUT2D eigenvalue weighted by atomic mass is 35.5. The van der Waals surface area contributed by atoms with Gasteiger partial charge in [-0.1, -0.05) is 54.9 Å². The van der Waals surface area contributed by atoms with Crippen LogP contribution in [0, 0.1) is 48.3 Å². The number of amides is 4. The Morgan fingerprint density at radius 2 is 0.991 bits per heavy atom. The normalized spacial score (nSPS) is 17.2. The number of pyridine rings is 2. The number of ether oxygens (including phenoxy) is 2. The molecule has 4 amide bonds. The lowest BCUT2D eigenvalue weighted by atomic mass is 9.93. The number of carbonyl (C=O) groups is 4. The van der Waals surface area contributed by atoms with Crippen molar-refractivity contribution in [3.05, 3.63) is 224 Å². The number of likely N-dealkylation sites (tertiary alicyclic amines) is 2. The van der Waals surface area contributed by atoms with Gasteiger partial charge in [0.1, 0.15) is 22.9 Å². The quantitative estimate of drug-likeness (QED) is 0.108. The summed E-state index contributed by atoms with van der Waals surface area (Å²) in [4.78, 5) is 79.2. The molecule has 111 heavy (non-hydrogen) atoms. The first-order chi connectivity index (χ1) is 52.8. The zero-order chi connectivity index (χ0) is 78.2. The maximum atomic E-state index is 14.5. The molecule has 22 nitrogen and oxygen atoms in total. The third kappa shape index (κ3) is 22.6. The zero-order valence-corrected chi connectivity index (χ0v) is 66.7. The Hall–Kier alpha value is -9.62. The number of hydrogen-bond donors (Lipinski definition) is 2. The molecule has 2 unspecified atom stereocenters. The van der Waals surface area contributed by atoms with Crippen molar-refractivity contribution in [2.45, 2.75) is 125 Å². The number of nitrogens with zero attached hydrogens (tertiary/aromatic N) is 14. The molecule has 0 spiro atoms. The largest absolute Gasteiger partial charge is 0.444 e. The van der Waals surface area contributed by atoms with Crippen molar-refractivity contribution >= 4 is 104 Å². The minimum absolute atomic E-state index is 0. The number of halogens is 4. The van der Waals surface area contributed by atoms with Crippen LogP contribution in [0.5, 0.6) is 0 Å². The van der Waals surface area contributed by atoms with Gasteiger partial charge in [0.05, 0.1) is 46.7 Å². The molecular formula is C85H100Cl4N16O6. The lowest BCUT2D eigenvalue weighted by molar-refractivity contribution is 0.0177. The van der Waals surface area contributed by atoms with Gasteiger partial charge in [-0.25, -0.2) is 24.4 Å². The Kier molecular flexibility index (Phi) is 29.1. The van der Waals surface area contributed by atoms with Crippen molar-refractivity contribution in [1.82, 2.24) is 58.9 Å². The van der Waals surface area contributed by atoms with Gasteiger partial charge in [0.15, 0.2) is 0 Å². The second kappa shape index (κ2) is 38.5. The predicted molar refractivity (Wildman–Crippen MR) is 441 cm³/mol. The van der Waals surface area contributed by atoms with E-state index in [-0.39, 0.29) is 43.6 Å². The Morgan fingerprint density at radius 1 is 0.559 bits per heavy atom. The minimum atomic E-state index is -0.889. The van der Waals surface area contributed by atoms with Crippen LogP contribution in [0.3, 0.4) is 0 Å². The van der Waals surface area contributed by atoms with E-state index in [2.05, 4.69) is 123 Å². The van der Waals surface area contributed by atoms with Gasteiger partial charge < -0.3 is 43.9 Å². The number of nitriles is 2. The standard InChI is InChI=1S/C42H47ClN8O3.C23H24ClN5.C18H25N3O2.CCl2O.CH4/c1-29-45-16-19-50(29)28-33-24-32-6-5-15-46-38(32)39(36-12-9-34(43)25-37(33)36)47-20-22-48(23-21-47)40(52)51(35-10-7-30(26-44)8-11-35)27-31-13-17-49(18-14-31)41(53)54-42(2,3)4;1-16-26-9-12-29(16)15-18-13-17-3-2-6-27-22(17)23(28-10-7-25-8-11-28)20-5-4-19(24)14-21(18)20;1-18(2,3)23-17(22)21-10-8-15(9-11-21)13-20-16-6-4-14(12-19)5-7-16;2-1(3)4;/h5-12,15-16,19,24-25,31,39H,13-14,17-18,20-23,27-28H2,1-4H3;2-6,9,12-14,23,25H,7-8,10-11,15H2,1H3;4-7,15,20H,8-11,13H2,1-3H3;;1H4. The number of fused-ring (bicyclic) bond motifs is 4. The number of carbonyl (C=O) groups excluding carboxylic acids is 4. The number of anilines is 2. The van der Waals surface area contributed by atoms with Crippen LogP contribution >= 0.6 is 46.4 Å². The topological polar surface area (TPSA) is 239 Å². The number of aromatic nitrogens is 6. The summed E-state index contributed by atoms with van der Waals surface area (Å²) in [6.45, 7) is 27.2. The first-order valence-electron chi connectivity index (χ1n) is 37.4. The molecule has 6 aliphatic rings. The Bertz CT molecular complexity index is 4660. The van der Waals surface area contributed by atoms with Crippen LogP contribution in [0.4, 0.5) is 30.6 Å². The fraction of sp³-hybridized carbons (Fsp3) is 0.412. The summed E-state index contributed by atoms with van der Waals surface area (Å²) in [5.41, 5.74) is 13.4. The fourth-order valence-electron chi connectivity index (χ4n) is 14.7. The van der Waals surface area contributed by atoms with Crippen LogP contribution < -0.4 is 15.5 Å². The number of aryl methyl sites for hydroxylation is 2. The molecule has 8 heterocycles. The lowest BCUT2D eigenvalue weighted by Crippen LogP contribution is -2.55. The number of piperidine rings is 2. The van der Waals surface area contributed by atoms with Crippen molar-refractivity contribution in [1.29, 1.82) is 10.5 Å². The first-order valence-corrected chi connectivity index (χ1v) is 39.0. The molecule has 2 aliphatic carbocycles. The number of benzene rings is 4. The number of hydrogen-bond acceptors (Lipinski definition) is 16. The van der Waals surface area contributed by atoms with E-state index >= 15 is 0 Å². The molecule has 0 saturated carbocycles. The number of imidazole rings is 2. The molecule has 8 aromatic rings. The summed E-state index contributed by atoms with van der Waals surface area (Å²) < 4.78 is 14.4. The van der Waals surface area contributed by atoms with E-state index in [0.29, 0.717) is 74.4 Å². The van der Waals surface area contributed by atoms with E-state index < -0.39 is 15.9 Å².